The third kappa shape index (κ3) is 2.27. The molecule has 1 saturated carbocycles. The molecule has 28 heavy (non-hydrogen) atoms. The maximum Gasteiger partial charge on any atom is 0.310 e. The predicted molar refractivity (Wildman–Crippen MR) is 97.7 cm³/mol. The second-order valence-corrected chi connectivity index (χ2v) is 7.04. The van der Waals surface area contributed by atoms with Gasteiger partial charge in [0.25, 0.3) is 5.69 Å². The Hall–Kier alpha value is -3.26. The molecule has 0 radical (unpaired) electrons. The van der Waals surface area contributed by atoms with Crippen molar-refractivity contribution in [3.8, 4) is 0 Å². The van der Waals surface area contributed by atoms with Gasteiger partial charge in [0, 0.05) is 17.2 Å². The van der Waals surface area contributed by atoms with Crippen molar-refractivity contribution < 1.29 is 24.0 Å². The smallest absolute Gasteiger partial charge is 0.310 e. The highest BCUT2D eigenvalue weighted by Gasteiger charge is 2.83. The molecule has 1 heterocycles. The number of rotatable bonds is 4. The molecule has 2 amide bonds. The molecule has 2 aromatic carbocycles. The van der Waals surface area contributed by atoms with E-state index in [1.165, 1.54) is 31.4 Å². The van der Waals surface area contributed by atoms with E-state index in [1.807, 2.05) is 0 Å². The number of esters is 1. The predicted octanol–water partition coefficient (Wildman–Crippen LogP) is 2.48. The molecule has 0 spiro atoms. The molecule has 8 nitrogen and oxygen atoms in total. The molecule has 2 aliphatic rings. The zero-order chi connectivity index (χ0) is 20.2. The van der Waals surface area contributed by atoms with Crippen LogP contribution in [0.2, 0.25) is 5.02 Å². The number of hydrogen-bond donors (Lipinski definition) is 0. The summed E-state index contributed by atoms with van der Waals surface area (Å²) in [6.45, 7) is 0. The van der Waals surface area contributed by atoms with E-state index >= 15 is 0 Å². The Kier molecular flexibility index (Phi) is 3.97. The number of methoxy groups -OCH3 is 1. The maximum atomic E-state index is 13.3. The number of halogens is 1. The third-order valence-corrected chi connectivity index (χ3v) is 5.60. The van der Waals surface area contributed by atoms with Gasteiger partial charge in [-0.2, -0.15) is 0 Å². The Balaban J connectivity index is 1.78. The van der Waals surface area contributed by atoms with E-state index in [-0.39, 0.29) is 11.4 Å². The molecule has 0 unspecified atom stereocenters. The van der Waals surface area contributed by atoms with Gasteiger partial charge in [0.15, 0.2) is 0 Å². The SMILES string of the molecule is COC(=O)[C@H]1[C@H]2C(=O)N(c3ccc([N+](=O)[O-])cc3)C(=O)[C@@]21c1ccc(Cl)cc1. The minimum Gasteiger partial charge on any atom is -0.469 e. The van der Waals surface area contributed by atoms with Crippen LogP contribution < -0.4 is 4.90 Å². The van der Waals surface area contributed by atoms with Gasteiger partial charge < -0.3 is 4.74 Å². The first-order valence-corrected chi connectivity index (χ1v) is 8.68. The number of amides is 2. The summed E-state index contributed by atoms with van der Waals surface area (Å²) in [5.74, 6) is -3.53. The van der Waals surface area contributed by atoms with Crippen LogP contribution in [0.25, 0.3) is 0 Å². The number of benzene rings is 2. The summed E-state index contributed by atoms with van der Waals surface area (Å²) < 4.78 is 4.80. The number of nitro groups is 1. The first kappa shape index (κ1) is 18.1. The molecule has 2 aromatic rings. The minimum atomic E-state index is -1.35. The summed E-state index contributed by atoms with van der Waals surface area (Å²) in [4.78, 5) is 49.8. The minimum absolute atomic E-state index is 0.159. The van der Waals surface area contributed by atoms with E-state index in [4.69, 9.17) is 16.3 Å². The average Bonchev–Trinajstić information content (AvgIpc) is 3.33. The number of carbonyl (C=O) groups is 3. The fourth-order valence-corrected chi connectivity index (χ4v) is 4.17. The molecular weight excluding hydrogens is 388 g/mol. The van der Waals surface area contributed by atoms with Crippen LogP contribution in [0.1, 0.15) is 5.56 Å². The normalized spacial score (nSPS) is 25.4. The highest BCUT2D eigenvalue weighted by molar-refractivity contribution is 6.32. The third-order valence-electron chi connectivity index (χ3n) is 5.34. The van der Waals surface area contributed by atoms with Crippen molar-refractivity contribution in [1.29, 1.82) is 0 Å². The van der Waals surface area contributed by atoms with Crippen molar-refractivity contribution in [2.75, 3.05) is 12.0 Å². The molecule has 1 aliphatic carbocycles. The second-order valence-electron chi connectivity index (χ2n) is 6.61. The summed E-state index contributed by atoms with van der Waals surface area (Å²) >= 11 is 5.92. The molecule has 0 aromatic heterocycles. The topological polar surface area (TPSA) is 107 Å². The van der Waals surface area contributed by atoms with E-state index < -0.39 is 40.0 Å². The lowest BCUT2D eigenvalue weighted by atomic mass is 9.91. The number of fused-ring (bicyclic) bond motifs is 1. The highest BCUT2D eigenvalue weighted by Crippen LogP contribution is 2.66. The molecule has 3 atom stereocenters. The summed E-state index contributed by atoms with van der Waals surface area (Å²) in [5, 5.41) is 11.3. The Morgan fingerprint density at radius 2 is 1.75 bits per heavy atom. The molecule has 1 aliphatic heterocycles. The van der Waals surface area contributed by atoms with Gasteiger partial charge in [-0.25, -0.2) is 4.90 Å². The number of non-ortho nitro benzene ring substituents is 1. The highest BCUT2D eigenvalue weighted by atomic mass is 35.5. The van der Waals surface area contributed by atoms with E-state index in [0.717, 1.165) is 4.90 Å². The zero-order valence-corrected chi connectivity index (χ0v) is 15.3. The van der Waals surface area contributed by atoms with E-state index in [9.17, 15) is 24.5 Å². The Labute approximate surface area is 163 Å². The number of hydrogen-bond acceptors (Lipinski definition) is 6. The monoisotopic (exact) mass is 400 g/mol. The summed E-state index contributed by atoms with van der Waals surface area (Å²) in [6.07, 6.45) is 0. The lowest BCUT2D eigenvalue weighted by Gasteiger charge is -2.22. The van der Waals surface area contributed by atoms with Gasteiger partial charge in [-0.05, 0) is 29.8 Å². The van der Waals surface area contributed by atoms with Crippen LogP contribution in [-0.2, 0) is 24.5 Å². The van der Waals surface area contributed by atoms with Crippen LogP contribution in [0.5, 0.6) is 0 Å². The average molecular weight is 401 g/mol. The van der Waals surface area contributed by atoms with Gasteiger partial charge in [0.2, 0.25) is 11.8 Å². The van der Waals surface area contributed by atoms with Gasteiger partial charge in [-0.1, -0.05) is 23.7 Å². The van der Waals surface area contributed by atoms with Crippen molar-refractivity contribution in [3.63, 3.8) is 0 Å². The van der Waals surface area contributed by atoms with Crippen molar-refractivity contribution >= 4 is 40.8 Å². The summed E-state index contributed by atoms with van der Waals surface area (Å²) in [6, 6.07) is 11.5. The maximum absolute atomic E-state index is 13.3. The number of nitrogens with zero attached hydrogens (tertiary/aromatic N) is 2. The molecule has 0 bridgehead atoms. The number of imide groups is 1. The van der Waals surface area contributed by atoms with Gasteiger partial charge in [0.1, 0.15) is 5.41 Å². The van der Waals surface area contributed by atoms with Gasteiger partial charge in [-0.3, -0.25) is 24.5 Å². The Bertz CT molecular complexity index is 1020. The first-order chi connectivity index (χ1) is 13.3. The van der Waals surface area contributed by atoms with Gasteiger partial charge >= 0.3 is 5.97 Å². The second kappa shape index (κ2) is 6.13. The number of nitro benzene ring substituents is 1. The fraction of sp³-hybridized carbons (Fsp3) is 0.211. The number of anilines is 1. The van der Waals surface area contributed by atoms with E-state index in [2.05, 4.69) is 0 Å². The Morgan fingerprint density at radius 3 is 2.29 bits per heavy atom. The molecule has 4 rings (SSSR count). The lowest BCUT2D eigenvalue weighted by molar-refractivity contribution is -0.384. The first-order valence-electron chi connectivity index (χ1n) is 8.30. The van der Waals surface area contributed by atoms with Crippen LogP contribution in [-0.4, -0.2) is 29.8 Å². The molecule has 1 saturated heterocycles. The quantitative estimate of drug-likeness (QED) is 0.338. The molecule has 0 N–H and O–H groups in total. The number of ether oxygens (including phenoxy) is 1. The van der Waals surface area contributed by atoms with Crippen LogP contribution in [0.4, 0.5) is 11.4 Å². The lowest BCUT2D eigenvalue weighted by Crippen LogP contribution is -2.40. The Morgan fingerprint density at radius 1 is 1.14 bits per heavy atom. The van der Waals surface area contributed by atoms with E-state index in [0.29, 0.717) is 10.6 Å². The molecule has 142 valence electrons. The fourth-order valence-electron chi connectivity index (χ4n) is 4.04. The summed E-state index contributed by atoms with van der Waals surface area (Å²) in [5.41, 5.74) is -0.797. The van der Waals surface area contributed by atoms with Crippen LogP contribution in [0.3, 0.4) is 0 Å². The molecule has 2 fully saturated rings. The number of carbonyl (C=O) groups excluding carboxylic acids is 3. The molecule has 9 heteroatoms. The largest absolute Gasteiger partial charge is 0.469 e. The summed E-state index contributed by atoms with van der Waals surface area (Å²) in [7, 11) is 1.20. The molecular formula is C19H13ClN2O6. The van der Waals surface area contributed by atoms with E-state index in [1.54, 1.807) is 24.3 Å². The van der Waals surface area contributed by atoms with Gasteiger partial charge in [0.05, 0.1) is 29.6 Å². The van der Waals surface area contributed by atoms with Crippen molar-refractivity contribution in [3.05, 3.63) is 69.2 Å². The standard InChI is InChI=1S/C19H13ClN2O6/c1-28-17(24)15-14-16(23)21(12-6-8-13(9-7-12)22(26)27)18(25)19(14,15)10-2-4-11(20)5-3-10/h2-9,14-15H,1H3/t14-,15+,19-/m0/s1. The van der Waals surface area contributed by atoms with Crippen molar-refractivity contribution in [1.82, 2.24) is 0 Å². The van der Waals surface area contributed by atoms with Crippen molar-refractivity contribution in [2.24, 2.45) is 11.8 Å². The van der Waals surface area contributed by atoms with Crippen LogP contribution in [0.15, 0.2) is 48.5 Å². The number of piperidine rings is 1. The van der Waals surface area contributed by atoms with Crippen LogP contribution >= 0.6 is 11.6 Å². The van der Waals surface area contributed by atoms with Crippen LogP contribution in [0, 0.1) is 22.0 Å². The van der Waals surface area contributed by atoms with Gasteiger partial charge in [-0.15, -0.1) is 0 Å². The van der Waals surface area contributed by atoms with Crippen molar-refractivity contribution in [2.45, 2.75) is 5.41 Å². The zero-order valence-electron chi connectivity index (χ0n) is 14.5.